The van der Waals surface area contributed by atoms with Crippen LogP contribution in [0.5, 0.6) is 0 Å². The van der Waals surface area contributed by atoms with E-state index >= 15 is 0 Å². The second kappa shape index (κ2) is 8.32. The molecule has 1 heterocycles. The van der Waals surface area contributed by atoms with Crippen LogP contribution in [0, 0.1) is 0 Å². The van der Waals surface area contributed by atoms with Crippen molar-refractivity contribution in [2.75, 3.05) is 0 Å². The van der Waals surface area contributed by atoms with Crippen LogP contribution in [0.1, 0.15) is 28.1 Å². The summed E-state index contributed by atoms with van der Waals surface area (Å²) in [6.45, 7) is 3.89. The number of nitrogens with one attached hydrogen (secondary N) is 2. The first kappa shape index (κ1) is 17.7. The molecule has 0 radical (unpaired) electrons. The van der Waals surface area contributed by atoms with Crippen LogP contribution in [0.4, 0.5) is 0 Å². The summed E-state index contributed by atoms with van der Waals surface area (Å²) in [5.74, 6) is 0.549. The van der Waals surface area contributed by atoms with Crippen LogP contribution in [-0.4, -0.2) is 5.91 Å². The van der Waals surface area contributed by atoms with Crippen molar-refractivity contribution in [2.45, 2.75) is 18.4 Å². The van der Waals surface area contributed by atoms with Crippen molar-refractivity contribution < 1.29 is 9.21 Å². The Bertz CT molecular complexity index is 829. The zero-order chi connectivity index (χ0) is 18.2. The van der Waals surface area contributed by atoms with Gasteiger partial charge in [0.1, 0.15) is 11.3 Å². The summed E-state index contributed by atoms with van der Waals surface area (Å²) >= 11 is 0. The fraction of sp³-hybridized carbons (Fsp3) is 0.136. The molecule has 2 N–H and O–H groups in total. The van der Waals surface area contributed by atoms with E-state index in [4.69, 9.17) is 4.42 Å². The van der Waals surface area contributed by atoms with Crippen LogP contribution in [0.15, 0.2) is 96.1 Å². The number of benzene rings is 2. The zero-order valence-electron chi connectivity index (χ0n) is 14.5. The van der Waals surface area contributed by atoms with E-state index in [-0.39, 0.29) is 5.91 Å². The molecule has 26 heavy (non-hydrogen) atoms. The maximum Gasteiger partial charge on any atom is 0.265 e. The van der Waals surface area contributed by atoms with E-state index in [2.05, 4.69) is 29.6 Å². The Morgan fingerprint density at radius 1 is 1.00 bits per heavy atom. The SMILES string of the molecule is C=CC[C@@](Cc1ccccc1)(NNC(=O)c1ccccc1)c1ccco1. The van der Waals surface area contributed by atoms with Crippen LogP contribution in [0.25, 0.3) is 0 Å². The highest BCUT2D eigenvalue weighted by Gasteiger charge is 2.34. The molecule has 0 aliphatic carbocycles. The van der Waals surface area contributed by atoms with Crippen molar-refractivity contribution in [3.63, 3.8) is 0 Å². The maximum absolute atomic E-state index is 12.5. The minimum Gasteiger partial charge on any atom is -0.467 e. The molecule has 4 heteroatoms. The number of carbonyl (C=O) groups excluding carboxylic acids is 1. The molecule has 0 saturated carbocycles. The van der Waals surface area contributed by atoms with Crippen molar-refractivity contribution in [1.29, 1.82) is 0 Å². The second-order valence-electron chi connectivity index (χ2n) is 6.16. The highest BCUT2D eigenvalue weighted by atomic mass is 16.3. The minimum atomic E-state index is -0.628. The standard InChI is InChI=1S/C22H22N2O2/c1-2-15-22(20-14-9-16-26-20,17-18-10-5-3-6-11-18)24-23-21(25)19-12-7-4-8-13-19/h2-14,16,24H,1,15,17H2,(H,23,25)/t22-/m0/s1. The van der Waals surface area contributed by atoms with Gasteiger partial charge in [0.2, 0.25) is 0 Å². The quantitative estimate of drug-likeness (QED) is 0.474. The number of carbonyl (C=O) groups is 1. The lowest BCUT2D eigenvalue weighted by atomic mass is 9.85. The highest BCUT2D eigenvalue weighted by molar-refractivity contribution is 5.93. The van der Waals surface area contributed by atoms with Crippen LogP contribution >= 0.6 is 0 Å². The van der Waals surface area contributed by atoms with Gasteiger partial charge < -0.3 is 4.42 Å². The monoisotopic (exact) mass is 346 g/mol. The van der Waals surface area contributed by atoms with Gasteiger partial charge in [0, 0.05) is 5.56 Å². The third-order valence-corrected chi connectivity index (χ3v) is 4.29. The molecule has 132 valence electrons. The lowest BCUT2D eigenvalue weighted by Crippen LogP contribution is -2.53. The van der Waals surface area contributed by atoms with Gasteiger partial charge in [-0.15, -0.1) is 6.58 Å². The molecule has 0 saturated heterocycles. The summed E-state index contributed by atoms with van der Waals surface area (Å²) < 4.78 is 5.70. The molecule has 1 aromatic heterocycles. The number of hydrogen-bond acceptors (Lipinski definition) is 3. The molecule has 4 nitrogen and oxygen atoms in total. The summed E-state index contributed by atoms with van der Waals surface area (Å²) in [7, 11) is 0. The highest BCUT2D eigenvalue weighted by Crippen LogP contribution is 2.30. The summed E-state index contributed by atoms with van der Waals surface area (Å²) in [6, 6.07) is 22.9. The number of hydrazine groups is 1. The van der Waals surface area contributed by atoms with Crippen LogP contribution in [0.3, 0.4) is 0 Å². The zero-order valence-corrected chi connectivity index (χ0v) is 14.5. The molecule has 0 aliphatic rings. The fourth-order valence-electron chi connectivity index (χ4n) is 3.00. The Labute approximate surface area is 153 Å². The average Bonchev–Trinajstić information content (AvgIpc) is 3.23. The molecule has 0 unspecified atom stereocenters. The van der Waals surface area contributed by atoms with E-state index in [9.17, 15) is 4.79 Å². The normalized spacial score (nSPS) is 12.9. The first-order valence-electron chi connectivity index (χ1n) is 8.55. The Kier molecular flexibility index (Phi) is 5.66. The predicted molar refractivity (Wildman–Crippen MR) is 102 cm³/mol. The van der Waals surface area contributed by atoms with Crippen LogP contribution < -0.4 is 10.9 Å². The van der Waals surface area contributed by atoms with Crippen molar-refractivity contribution >= 4 is 5.91 Å². The third kappa shape index (κ3) is 4.10. The minimum absolute atomic E-state index is 0.196. The van der Waals surface area contributed by atoms with Gasteiger partial charge in [0.15, 0.2) is 0 Å². The van der Waals surface area contributed by atoms with E-state index in [1.54, 1.807) is 18.4 Å². The molecule has 2 aromatic carbocycles. The van der Waals surface area contributed by atoms with Crippen molar-refractivity contribution in [3.8, 4) is 0 Å². The van der Waals surface area contributed by atoms with E-state index in [1.807, 2.05) is 54.6 Å². The van der Waals surface area contributed by atoms with E-state index in [0.717, 1.165) is 11.3 Å². The van der Waals surface area contributed by atoms with E-state index in [0.29, 0.717) is 18.4 Å². The summed E-state index contributed by atoms with van der Waals surface area (Å²) in [4.78, 5) is 12.5. The van der Waals surface area contributed by atoms with Crippen molar-refractivity contribution in [2.24, 2.45) is 0 Å². The molecule has 0 bridgehead atoms. The fourth-order valence-corrected chi connectivity index (χ4v) is 3.00. The second-order valence-corrected chi connectivity index (χ2v) is 6.16. The molecule has 1 amide bonds. The van der Waals surface area contributed by atoms with E-state index in [1.165, 1.54) is 0 Å². The predicted octanol–water partition coefficient (Wildman–Crippen LogP) is 4.23. The third-order valence-electron chi connectivity index (χ3n) is 4.29. The molecule has 1 atom stereocenters. The summed E-state index contributed by atoms with van der Waals surface area (Å²) in [6.07, 6.45) is 4.69. The number of rotatable bonds is 8. The van der Waals surface area contributed by atoms with Gasteiger partial charge in [-0.05, 0) is 42.7 Å². The summed E-state index contributed by atoms with van der Waals surface area (Å²) in [5, 5.41) is 0. The smallest absolute Gasteiger partial charge is 0.265 e. The molecule has 0 aliphatic heterocycles. The van der Waals surface area contributed by atoms with Crippen LogP contribution in [0.2, 0.25) is 0 Å². The molecule has 0 fully saturated rings. The first-order valence-corrected chi connectivity index (χ1v) is 8.55. The van der Waals surface area contributed by atoms with Gasteiger partial charge in [-0.2, -0.15) is 0 Å². The molecular formula is C22H22N2O2. The topological polar surface area (TPSA) is 54.3 Å². The van der Waals surface area contributed by atoms with Gasteiger partial charge in [-0.25, -0.2) is 5.43 Å². The van der Waals surface area contributed by atoms with E-state index < -0.39 is 5.54 Å². The Hall–Kier alpha value is -3.11. The Balaban J connectivity index is 1.86. The first-order chi connectivity index (χ1) is 12.7. The lowest BCUT2D eigenvalue weighted by molar-refractivity contribution is 0.0893. The largest absolute Gasteiger partial charge is 0.467 e. The molecular weight excluding hydrogens is 324 g/mol. The molecule has 0 spiro atoms. The van der Waals surface area contributed by atoms with Gasteiger partial charge in [0.25, 0.3) is 5.91 Å². The Morgan fingerprint density at radius 2 is 1.69 bits per heavy atom. The van der Waals surface area contributed by atoms with Gasteiger partial charge in [-0.1, -0.05) is 54.6 Å². The van der Waals surface area contributed by atoms with Crippen molar-refractivity contribution in [1.82, 2.24) is 10.9 Å². The number of amides is 1. The summed E-state index contributed by atoms with van der Waals surface area (Å²) in [5.41, 5.74) is 7.15. The molecule has 3 rings (SSSR count). The average molecular weight is 346 g/mol. The molecule has 3 aromatic rings. The van der Waals surface area contributed by atoms with Gasteiger partial charge in [0.05, 0.1) is 6.26 Å². The maximum atomic E-state index is 12.5. The Morgan fingerprint density at radius 3 is 2.31 bits per heavy atom. The van der Waals surface area contributed by atoms with Crippen molar-refractivity contribution in [3.05, 3.63) is 109 Å². The van der Waals surface area contributed by atoms with Gasteiger partial charge in [-0.3, -0.25) is 10.2 Å². The van der Waals surface area contributed by atoms with Crippen LogP contribution in [-0.2, 0) is 12.0 Å². The number of hydrogen-bond donors (Lipinski definition) is 2. The number of furan rings is 1. The van der Waals surface area contributed by atoms with Gasteiger partial charge >= 0.3 is 0 Å². The lowest BCUT2D eigenvalue weighted by Gasteiger charge is -2.32.